The van der Waals surface area contributed by atoms with Gasteiger partial charge in [0.15, 0.2) is 0 Å². The number of hydrogen-bond donors (Lipinski definition) is 0. The number of fused-ring (bicyclic) bond motifs is 9. The Hall–Kier alpha value is -7.86. The zero-order valence-corrected chi connectivity index (χ0v) is 29.4. The lowest BCUT2D eigenvalue weighted by molar-refractivity contribution is 0.669. The topological polar surface area (TPSA) is 70.6 Å². The highest BCUT2D eigenvalue weighted by molar-refractivity contribution is 6.11. The molecule has 0 unspecified atom stereocenters. The zero-order chi connectivity index (χ0) is 36.6. The van der Waals surface area contributed by atoms with E-state index >= 15 is 0 Å². The van der Waals surface area contributed by atoms with Crippen LogP contribution in [0.5, 0.6) is 0 Å². The molecule has 0 N–H and O–H groups in total. The Morgan fingerprint density at radius 1 is 0.345 bits per heavy atom. The predicted octanol–water partition coefficient (Wildman–Crippen LogP) is 12.9. The largest absolute Gasteiger partial charge is 0.456 e. The Morgan fingerprint density at radius 2 is 0.855 bits per heavy atom. The number of hydrogen-bond acceptors (Lipinski definition) is 3. The molecule has 0 atom stereocenters. The summed E-state index contributed by atoms with van der Waals surface area (Å²) in [6.45, 7) is 0. The van der Waals surface area contributed by atoms with E-state index in [1.807, 2.05) is 42.5 Å². The molecule has 55 heavy (non-hydrogen) atoms. The van der Waals surface area contributed by atoms with Crippen LogP contribution in [0.1, 0.15) is 11.1 Å². The second-order valence-corrected chi connectivity index (χ2v) is 14.0. The molecule has 0 spiro atoms. The van der Waals surface area contributed by atoms with Gasteiger partial charge >= 0.3 is 0 Å². The Labute approximate surface area is 315 Å². The van der Waals surface area contributed by atoms with E-state index < -0.39 is 0 Å². The van der Waals surface area contributed by atoms with Crippen LogP contribution in [0.3, 0.4) is 0 Å². The van der Waals surface area contributed by atoms with Crippen LogP contribution in [0.4, 0.5) is 0 Å². The van der Waals surface area contributed by atoms with Crippen molar-refractivity contribution >= 4 is 65.6 Å². The van der Waals surface area contributed by atoms with Crippen molar-refractivity contribution in [1.82, 2.24) is 9.13 Å². The van der Waals surface area contributed by atoms with E-state index in [0.29, 0.717) is 11.1 Å². The van der Waals surface area contributed by atoms with Crippen molar-refractivity contribution in [2.45, 2.75) is 0 Å². The molecule has 0 bridgehead atoms. The molecule has 3 aromatic heterocycles. The van der Waals surface area contributed by atoms with Gasteiger partial charge in [0.2, 0.25) is 0 Å². The first-order valence-electron chi connectivity index (χ1n) is 18.2. The second kappa shape index (κ2) is 11.8. The molecule has 5 nitrogen and oxygen atoms in total. The lowest BCUT2D eigenvalue weighted by Crippen LogP contribution is -2.00. The maximum Gasteiger partial charge on any atom is 0.135 e. The van der Waals surface area contributed by atoms with Crippen LogP contribution < -0.4 is 0 Å². The molecule has 3 heterocycles. The van der Waals surface area contributed by atoms with E-state index in [1.54, 1.807) is 0 Å². The molecule has 0 radical (unpaired) electrons. The van der Waals surface area contributed by atoms with Gasteiger partial charge in [-0.25, -0.2) is 0 Å². The summed E-state index contributed by atoms with van der Waals surface area (Å²) in [4.78, 5) is 0. The number of nitriles is 2. The highest BCUT2D eigenvalue weighted by atomic mass is 16.3. The summed E-state index contributed by atoms with van der Waals surface area (Å²) in [6, 6.07) is 63.4. The fourth-order valence-electron chi connectivity index (χ4n) is 8.45. The lowest BCUT2D eigenvalue weighted by Gasteiger charge is -2.16. The number of para-hydroxylation sites is 3. The van der Waals surface area contributed by atoms with Crippen LogP contribution >= 0.6 is 0 Å². The van der Waals surface area contributed by atoms with Gasteiger partial charge in [-0.2, -0.15) is 10.5 Å². The Bertz CT molecular complexity index is 3320. The van der Waals surface area contributed by atoms with Crippen molar-refractivity contribution in [1.29, 1.82) is 10.5 Å². The molecule has 8 aromatic carbocycles. The smallest absolute Gasteiger partial charge is 0.135 e. The van der Waals surface area contributed by atoms with Gasteiger partial charge in [-0.3, -0.25) is 0 Å². The molecule has 0 amide bonds. The quantitative estimate of drug-likeness (QED) is 0.183. The summed E-state index contributed by atoms with van der Waals surface area (Å²) in [5.74, 6) is 0. The first kappa shape index (κ1) is 30.7. The Kier molecular flexibility index (Phi) is 6.61. The van der Waals surface area contributed by atoms with Crippen molar-refractivity contribution in [3.63, 3.8) is 0 Å². The van der Waals surface area contributed by atoms with Gasteiger partial charge in [-0.05, 0) is 113 Å². The first-order valence-corrected chi connectivity index (χ1v) is 18.2. The van der Waals surface area contributed by atoms with Crippen LogP contribution in [0, 0.1) is 22.7 Å². The van der Waals surface area contributed by atoms with Crippen molar-refractivity contribution in [2.24, 2.45) is 0 Å². The highest BCUT2D eigenvalue weighted by Crippen LogP contribution is 2.39. The minimum Gasteiger partial charge on any atom is -0.456 e. The standard InChI is InChI=1S/C50H28N4O/c51-29-31-16-19-47-42(22-31)39-10-1-4-13-45(39)53(47)37-25-36(26-38(28-37)54-46-14-5-2-11-40(46)43-23-32(30-52)17-20-48(43)54)34-9-7-8-33(24-34)35-18-21-50-44(27-35)41-12-3-6-15-49(41)55-50/h1-28H. The number of aromatic nitrogens is 2. The molecule has 0 saturated carbocycles. The molecule has 5 heteroatoms. The second-order valence-electron chi connectivity index (χ2n) is 14.0. The van der Waals surface area contributed by atoms with Crippen molar-refractivity contribution < 1.29 is 4.42 Å². The molecule has 0 aliphatic carbocycles. The predicted molar refractivity (Wildman–Crippen MR) is 223 cm³/mol. The molecule has 0 fully saturated rings. The maximum absolute atomic E-state index is 9.81. The summed E-state index contributed by atoms with van der Waals surface area (Å²) >= 11 is 0. The van der Waals surface area contributed by atoms with Crippen LogP contribution in [0.15, 0.2) is 174 Å². The third kappa shape index (κ3) is 4.71. The van der Waals surface area contributed by atoms with Gasteiger partial charge in [-0.15, -0.1) is 0 Å². The van der Waals surface area contributed by atoms with E-state index in [2.05, 4.69) is 149 Å². The average Bonchev–Trinajstić information content (AvgIpc) is 3.90. The molecule has 0 aliphatic rings. The van der Waals surface area contributed by atoms with Crippen LogP contribution in [0.25, 0.3) is 99.2 Å². The fourth-order valence-corrected chi connectivity index (χ4v) is 8.45. The van der Waals surface area contributed by atoms with E-state index in [1.165, 1.54) is 0 Å². The lowest BCUT2D eigenvalue weighted by atomic mass is 9.97. The molecular weight excluding hydrogens is 673 g/mol. The third-order valence-electron chi connectivity index (χ3n) is 10.9. The zero-order valence-electron chi connectivity index (χ0n) is 29.4. The molecule has 0 aliphatic heterocycles. The van der Waals surface area contributed by atoms with Gasteiger partial charge in [0.05, 0.1) is 45.3 Å². The summed E-state index contributed by atoms with van der Waals surface area (Å²) < 4.78 is 10.8. The minimum atomic E-state index is 0.630. The normalized spacial score (nSPS) is 11.6. The number of nitrogens with zero attached hydrogens (tertiary/aromatic N) is 4. The molecule has 254 valence electrons. The maximum atomic E-state index is 9.81. The minimum absolute atomic E-state index is 0.630. The summed E-state index contributed by atoms with van der Waals surface area (Å²) in [6.07, 6.45) is 0. The summed E-state index contributed by atoms with van der Waals surface area (Å²) in [5, 5.41) is 26.1. The number of benzene rings is 8. The molecule has 0 saturated heterocycles. The van der Waals surface area contributed by atoms with E-state index in [4.69, 9.17) is 4.42 Å². The van der Waals surface area contributed by atoms with Gasteiger partial charge in [0, 0.05) is 43.7 Å². The van der Waals surface area contributed by atoms with Crippen LogP contribution in [-0.2, 0) is 0 Å². The van der Waals surface area contributed by atoms with E-state index in [-0.39, 0.29) is 0 Å². The summed E-state index contributed by atoms with van der Waals surface area (Å²) in [7, 11) is 0. The Morgan fingerprint density at radius 3 is 1.47 bits per heavy atom. The van der Waals surface area contributed by atoms with Crippen molar-refractivity contribution in [3.8, 4) is 45.8 Å². The van der Waals surface area contributed by atoms with Gasteiger partial charge in [-0.1, -0.05) is 78.9 Å². The third-order valence-corrected chi connectivity index (χ3v) is 10.9. The highest BCUT2D eigenvalue weighted by Gasteiger charge is 2.18. The van der Waals surface area contributed by atoms with Crippen molar-refractivity contribution in [3.05, 3.63) is 181 Å². The van der Waals surface area contributed by atoms with Gasteiger partial charge in [0.25, 0.3) is 0 Å². The molecule has 11 aromatic rings. The van der Waals surface area contributed by atoms with Gasteiger partial charge in [0.1, 0.15) is 11.2 Å². The van der Waals surface area contributed by atoms with E-state index in [9.17, 15) is 10.5 Å². The molecule has 11 rings (SSSR count). The monoisotopic (exact) mass is 700 g/mol. The SMILES string of the molecule is N#Cc1ccc2c(c1)c1ccccc1n2-c1cc(-c2cccc(-c3ccc4oc5ccccc5c4c3)c2)cc(-n2c3ccccc3c3cc(C#N)ccc32)c1. The number of rotatable bonds is 4. The summed E-state index contributed by atoms with van der Waals surface area (Å²) in [5.41, 5.74) is 13.6. The Balaban J connectivity index is 1.18. The molecular formula is C50H28N4O. The van der Waals surface area contributed by atoms with Crippen LogP contribution in [-0.4, -0.2) is 9.13 Å². The number of furan rings is 1. The van der Waals surface area contributed by atoms with Crippen LogP contribution in [0.2, 0.25) is 0 Å². The van der Waals surface area contributed by atoms with Crippen molar-refractivity contribution in [2.75, 3.05) is 0 Å². The van der Waals surface area contributed by atoms with E-state index in [0.717, 1.165) is 99.2 Å². The average molecular weight is 701 g/mol. The first-order chi connectivity index (χ1) is 27.1. The fraction of sp³-hybridized carbons (Fsp3) is 0. The van der Waals surface area contributed by atoms with Gasteiger partial charge < -0.3 is 13.6 Å².